The smallest absolute Gasteiger partial charge is 0.376 e. The predicted molar refractivity (Wildman–Crippen MR) is 78.0 cm³/mol. The van der Waals surface area contributed by atoms with Crippen molar-refractivity contribution in [3.63, 3.8) is 0 Å². The molecule has 0 unspecified atom stereocenters. The second-order valence-corrected chi connectivity index (χ2v) is 9.33. The van der Waals surface area contributed by atoms with E-state index in [2.05, 4.69) is 4.18 Å². The van der Waals surface area contributed by atoms with E-state index in [0.29, 0.717) is 22.8 Å². The van der Waals surface area contributed by atoms with Crippen molar-refractivity contribution in [2.24, 2.45) is 0 Å². The van der Waals surface area contributed by atoms with Gasteiger partial charge in [-0.05, 0) is 25.0 Å². The Kier molecular flexibility index (Phi) is 7.85. The normalized spacial score (nSPS) is 13.6. The maximum atomic E-state index is 12.6. The first-order valence-electron chi connectivity index (χ1n) is 7.14. The zero-order chi connectivity index (χ0) is 17.5. The van der Waals surface area contributed by atoms with Gasteiger partial charge in [-0.1, -0.05) is 32.0 Å². The minimum atomic E-state index is -5.62. The molecule has 0 atom stereocenters. The van der Waals surface area contributed by atoms with E-state index in [0.717, 1.165) is 3.57 Å². The van der Waals surface area contributed by atoms with E-state index in [-0.39, 0.29) is 12.2 Å². The molecule has 0 aliphatic carbocycles. The van der Waals surface area contributed by atoms with Gasteiger partial charge in [0.05, 0.1) is 0 Å². The highest BCUT2D eigenvalue weighted by molar-refractivity contribution is 7.87. The summed E-state index contributed by atoms with van der Waals surface area (Å²) < 4.78 is 66.6. The largest absolute Gasteiger partial charge is 0.534 e. The van der Waals surface area contributed by atoms with Crippen molar-refractivity contribution in [3.8, 4) is 0 Å². The van der Waals surface area contributed by atoms with Gasteiger partial charge in [-0.15, -0.1) is 0 Å². The average molecular weight is 463 g/mol. The molecule has 0 N–H and O–H groups in total. The first-order valence-corrected chi connectivity index (χ1v) is 10.7. The van der Waals surface area contributed by atoms with Crippen LogP contribution in [-0.2, 0) is 14.3 Å². The Labute approximate surface area is 145 Å². The first-order chi connectivity index (χ1) is 10.7. The van der Waals surface area contributed by atoms with E-state index in [4.69, 9.17) is 0 Å². The molecule has 1 aromatic carbocycles. The molecule has 0 saturated carbocycles. The van der Waals surface area contributed by atoms with Crippen molar-refractivity contribution in [2.75, 3.05) is 0 Å². The summed E-state index contributed by atoms with van der Waals surface area (Å²) in [4.78, 5) is 0. The van der Waals surface area contributed by atoms with Crippen LogP contribution < -0.4 is 21.2 Å². The van der Waals surface area contributed by atoms with Gasteiger partial charge in [0.1, 0.15) is 0 Å². The lowest BCUT2D eigenvalue weighted by molar-refractivity contribution is -0.581. The Bertz CT molecular complexity index is 625. The molecule has 0 radical (unpaired) electrons. The Morgan fingerprint density at radius 3 is 2.13 bits per heavy atom. The molecule has 0 amide bonds. The second kappa shape index (κ2) is 8.91. The van der Waals surface area contributed by atoms with Crippen LogP contribution in [0.4, 0.5) is 13.2 Å². The highest BCUT2D eigenvalue weighted by atomic mass is 127. The van der Waals surface area contributed by atoms with Crippen LogP contribution in [0.15, 0.2) is 39.7 Å². The third-order valence-electron chi connectivity index (χ3n) is 2.70. The monoisotopic (exact) mass is 463 g/mol. The Morgan fingerprint density at radius 1 is 1.09 bits per heavy atom. The molecule has 0 aliphatic rings. The number of hydrogen-bond acceptors (Lipinski definition) is 3. The van der Waals surface area contributed by atoms with Gasteiger partial charge in [0.15, 0.2) is 9.33 Å². The van der Waals surface area contributed by atoms with Crippen molar-refractivity contribution in [2.45, 2.75) is 45.0 Å². The molecule has 23 heavy (non-hydrogen) atoms. The molecule has 0 spiro atoms. The molecule has 0 saturated heterocycles. The Morgan fingerprint density at radius 2 is 1.65 bits per heavy atom. The lowest BCUT2D eigenvalue weighted by Gasteiger charge is -2.12. The van der Waals surface area contributed by atoms with E-state index in [9.17, 15) is 21.6 Å². The second-order valence-electron chi connectivity index (χ2n) is 4.70. The number of hydrogen-bond donors (Lipinski definition) is 0. The molecule has 0 bridgehead atoms. The molecular weight excluding hydrogens is 444 g/mol. The molecule has 1 aromatic rings. The maximum absolute atomic E-state index is 12.6. The third-order valence-corrected chi connectivity index (χ3v) is 6.82. The van der Waals surface area contributed by atoms with Gasteiger partial charge >= 0.3 is 36.8 Å². The number of alkyl halides is 3. The topological polar surface area (TPSA) is 43.4 Å². The fourth-order valence-corrected chi connectivity index (χ4v) is 5.41. The quantitative estimate of drug-likeness (QED) is 0.255. The average Bonchev–Trinajstić information content (AvgIpc) is 2.46. The standard InChI is InChI=1S/C15H19F3IO3S/c1-3-8-13(19-12-10-6-5-7-11-12)14(9-4-2)22-23(20,21)15(16,17)18/h5-7,10-11H,3-4,8-9H2,1-2H3/q+1. The van der Waals surface area contributed by atoms with Gasteiger partial charge in [-0.25, -0.2) is 0 Å². The predicted octanol–water partition coefficient (Wildman–Crippen LogP) is 1.62. The van der Waals surface area contributed by atoms with Gasteiger partial charge in [0, 0.05) is 12.8 Å². The molecule has 0 heterocycles. The van der Waals surface area contributed by atoms with Crippen LogP contribution in [0.2, 0.25) is 0 Å². The SMILES string of the molecule is CCCC(OS(=O)(=O)C(F)(F)F)=C(CCC)[I+]c1ccccc1. The van der Waals surface area contributed by atoms with Crippen molar-refractivity contribution in [1.82, 2.24) is 0 Å². The number of halogens is 4. The number of benzene rings is 1. The number of allylic oxidation sites excluding steroid dienone is 2. The molecule has 0 fully saturated rings. The summed E-state index contributed by atoms with van der Waals surface area (Å²) >= 11 is -0.767. The minimum Gasteiger partial charge on any atom is -0.376 e. The van der Waals surface area contributed by atoms with Crippen molar-refractivity contribution in [1.29, 1.82) is 0 Å². The molecule has 0 aliphatic heterocycles. The van der Waals surface area contributed by atoms with Gasteiger partial charge in [0.25, 0.3) is 0 Å². The number of rotatable bonds is 8. The van der Waals surface area contributed by atoms with Crippen LogP contribution in [-0.4, -0.2) is 13.9 Å². The van der Waals surface area contributed by atoms with Crippen LogP contribution in [0.3, 0.4) is 0 Å². The molecule has 130 valence electrons. The Balaban J connectivity index is 3.18. The summed E-state index contributed by atoms with van der Waals surface area (Å²) in [5.41, 5.74) is -5.41. The zero-order valence-corrected chi connectivity index (χ0v) is 15.8. The lowest BCUT2D eigenvalue weighted by atomic mass is 10.2. The highest BCUT2D eigenvalue weighted by Gasteiger charge is 2.49. The summed E-state index contributed by atoms with van der Waals surface area (Å²) in [6.45, 7) is 3.67. The molecular formula is C15H19F3IO3S+. The third kappa shape index (κ3) is 6.33. The summed E-state index contributed by atoms with van der Waals surface area (Å²) in [7, 11) is -5.62. The molecule has 1 rings (SSSR count). The summed E-state index contributed by atoms with van der Waals surface area (Å²) in [6.07, 6.45) is 1.93. The zero-order valence-electron chi connectivity index (χ0n) is 12.9. The van der Waals surface area contributed by atoms with Crippen LogP contribution in [0, 0.1) is 3.57 Å². The van der Waals surface area contributed by atoms with Crippen LogP contribution in [0.25, 0.3) is 0 Å². The minimum absolute atomic E-state index is 0.0386. The van der Waals surface area contributed by atoms with Crippen molar-refractivity contribution in [3.05, 3.63) is 43.2 Å². The molecule has 0 aromatic heterocycles. The van der Waals surface area contributed by atoms with E-state index in [1.54, 1.807) is 6.92 Å². The van der Waals surface area contributed by atoms with Crippen molar-refractivity contribution < 1.29 is 47.0 Å². The van der Waals surface area contributed by atoms with Gasteiger partial charge < -0.3 is 4.18 Å². The van der Waals surface area contributed by atoms with Crippen LogP contribution in [0.5, 0.6) is 0 Å². The van der Waals surface area contributed by atoms with E-state index >= 15 is 0 Å². The summed E-state index contributed by atoms with van der Waals surface area (Å²) in [5, 5.41) is 0. The van der Waals surface area contributed by atoms with Gasteiger partial charge in [0.2, 0.25) is 3.58 Å². The van der Waals surface area contributed by atoms with Crippen LogP contribution >= 0.6 is 0 Å². The molecule has 8 heteroatoms. The summed E-state index contributed by atoms with van der Waals surface area (Å²) in [5.74, 6) is -0.0386. The first kappa shape index (κ1) is 20.3. The van der Waals surface area contributed by atoms with E-state index in [1.165, 1.54) is 0 Å². The van der Waals surface area contributed by atoms with E-state index in [1.807, 2.05) is 37.3 Å². The van der Waals surface area contributed by atoms with Gasteiger partial charge in [-0.2, -0.15) is 21.6 Å². The fraction of sp³-hybridized carbons (Fsp3) is 0.467. The summed E-state index contributed by atoms with van der Waals surface area (Å²) in [6, 6.07) is 9.35. The highest BCUT2D eigenvalue weighted by Crippen LogP contribution is 2.28. The lowest BCUT2D eigenvalue weighted by Crippen LogP contribution is -3.61. The maximum Gasteiger partial charge on any atom is 0.534 e. The Hall–Kier alpha value is -0.770. The van der Waals surface area contributed by atoms with E-state index < -0.39 is 36.8 Å². The van der Waals surface area contributed by atoms with Crippen molar-refractivity contribution >= 4 is 10.1 Å². The molecule has 3 nitrogen and oxygen atoms in total. The fourth-order valence-electron chi connectivity index (χ4n) is 1.70. The van der Waals surface area contributed by atoms with Gasteiger partial charge in [-0.3, -0.25) is 0 Å². The van der Waals surface area contributed by atoms with Crippen LogP contribution in [0.1, 0.15) is 39.5 Å².